The van der Waals surface area contributed by atoms with E-state index >= 15 is 0 Å². The van der Waals surface area contributed by atoms with Crippen LogP contribution in [0.4, 0.5) is 0 Å². The summed E-state index contributed by atoms with van der Waals surface area (Å²) < 4.78 is 11.1. The molecule has 4 rings (SSSR count). The largest absolute Gasteiger partial charge is 0.381 e. The van der Waals surface area contributed by atoms with Gasteiger partial charge in [0, 0.05) is 51.2 Å². The van der Waals surface area contributed by atoms with Crippen LogP contribution in [-0.2, 0) is 22.4 Å². The van der Waals surface area contributed by atoms with Crippen molar-refractivity contribution in [1.82, 2.24) is 19.9 Å². The average Bonchev–Trinajstić information content (AvgIpc) is 3.36. The summed E-state index contributed by atoms with van der Waals surface area (Å²) in [5.41, 5.74) is 3.47. The zero-order valence-corrected chi connectivity index (χ0v) is 20.7. The van der Waals surface area contributed by atoms with Gasteiger partial charge in [0.25, 0.3) is 0 Å². The van der Waals surface area contributed by atoms with Crippen LogP contribution < -0.4 is 0 Å². The SMILES string of the molecule is Cc1ccc(-c2noc(CCCN3CCN(C(=O)CCCOCCc4ccccc4)CC3)n2)cc1. The molecule has 0 atom stereocenters. The van der Waals surface area contributed by atoms with Crippen LogP contribution in [0.15, 0.2) is 59.1 Å². The first kappa shape index (κ1) is 25.1. The summed E-state index contributed by atoms with van der Waals surface area (Å²) in [6, 6.07) is 18.5. The Morgan fingerprint density at radius 3 is 2.49 bits per heavy atom. The minimum Gasteiger partial charge on any atom is -0.381 e. The molecule has 0 saturated carbocycles. The fourth-order valence-electron chi connectivity index (χ4n) is 4.27. The van der Waals surface area contributed by atoms with Crippen LogP contribution in [-0.4, -0.2) is 71.8 Å². The highest BCUT2D eigenvalue weighted by atomic mass is 16.5. The normalized spacial score (nSPS) is 14.4. The smallest absolute Gasteiger partial charge is 0.227 e. The molecule has 2 aromatic carbocycles. The number of aromatic nitrogens is 2. The van der Waals surface area contributed by atoms with E-state index in [0.29, 0.717) is 31.3 Å². The van der Waals surface area contributed by atoms with Gasteiger partial charge >= 0.3 is 0 Å². The van der Waals surface area contributed by atoms with Crippen LogP contribution in [0, 0.1) is 6.92 Å². The number of ether oxygens (including phenoxy) is 1. The van der Waals surface area contributed by atoms with E-state index in [1.807, 2.05) is 35.2 Å². The number of benzene rings is 2. The monoisotopic (exact) mass is 476 g/mol. The predicted molar refractivity (Wildman–Crippen MR) is 136 cm³/mol. The lowest BCUT2D eigenvalue weighted by Crippen LogP contribution is -2.48. The summed E-state index contributed by atoms with van der Waals surface area (Å²) in [7, 11) is 0. The Labute approximate surface area is 208 Å². The van der Waals surface area contributed by atoms with Gasteiger partial charge in [-0.3, -0.25) is 9.69 Å². The van der Waals surface area contributed by atoms with Crippen molar-refractivity contribution >= 4 is 5.91 Å². The number of aryl methyl sites for hydroxylation is 2. The second-order valence-electron chi connectivity index (χ2n) is 9.16. The molecule has 1 saturated heterocycles. The van der Waals surface area contributed by atoms with Gasteiger partial charge in [0.2, 0.25) is 17.6 Å². The Morgan fingerprint density at radius 1 is 0.943 bits per heavy atom. The molecule has 0 bridgehead atoms. The quantitative estimate of drug-likeness (QED) is 0.366. The van der Waals surface area contributed by atoms with E-state index in [9.17, 15) is 4.79 Å². The number of carbonyl (C=O) groups is 1. The highest BCUT2D eigenvalue weighted by Gasteiger charge is 2.20. The minimum absolute atomic E-state index is 0.241. The second kappa shape index (κ2) is 13.2. The predicted octanol–water partition coefficient (Wildman–Crippen LogP) is 4.16. The van der Waals surface area contributed by atoms with E-state index in [2.05, 4.69) is 46.2 Å². The number of carbonyl (C=O) groups excluding carboxylic acids is 1. The van der Waals surface area contributed by atoms with Crippen molar-refractivity contribution in [3.05, 3.63) is 71.6 Å². The molecule has 1 amide bonds. The lowest BCUT2D eigenvalue weighted by atomic mass is 10.1. The zero-order chi connectivity index (χ0) is 24.3. The van der Waals surface area contributed by atoms with E-state index < -0.39 is 0 Å². The molecule has 0 spiro atoms. The van der Waals surface area contributed by atoms with Crippen molar-refractivity contribution in [3.8, 4) is 11.4 Å². The van der Waals surface area contributed by atoms with Gasteiger partial charge in [-0.1, -0.05) is 65.3 Å². The minimum atomic E-state index is 0.241. The van der Waals surface area contributed by atoms with Crippen LogP contribution in [0.25, 0.3) is 11.4 Å². The number of hydrogen-bond acceptors (Lipinski definition) is 6. The van der Waals surface area contributed by atoms with E-state index in [0.717, 1.165) is 64.0 Å². The lowest BCUT2D eigenvalue weighted by molar-refractivity contribution is -0.133. The van der Waals surface area contributed by atoms with Gasteiger partial charge in [-0.2, -0.15) is 4.98 Å². The van der Waals surface area contributed by atoms with Crippen molar-refractivity contribution in [2.45, 2.75) is 39.0 Å². The molecule has 2 heterocycles. The van der Waals surface area contributed by atoms with Crippen molar-refractivity contribution in [3.63, 3.8) is 0 Å². The first-order valence-corrected chi connectivity index (χ1v) is 12.7. The van der Waals surface area contributed by atoms with Gasteiger partial charge < -0.3 is 14.2 Å². The Hall–Kier alpha value is -3.03. The number of amides is 1. The maximum absolute atomic E-state index is 12.5. The van der Waals surface area contributed by atoms with Crippen molar-refractivity contribution in [1.29, 1.82) is 0 Å². The highest BCUT2D eigenvalue weighted by molar-refractivity contribution is 5.76. The average molecular weight is 477 g/mol. The van der Waals surface area contributed by atoms with Gasteiger partial charge in [0.15, 0.2) is 0 Å². The summed E-state index contributed by atoms with van der Waals surface area (Å²) >= 11 is 0. The van der Waals surface area contributed by atoms with Gasteiger partial charge in [0.05, 0.1) is 6.61 Å². The molecule has 7 nitrogen and oxygen atoms in total. The van der Waals surface area contributed by atoms with Gasteiger partial charge in [-0.05, 0) is 38.3 Å². The zero-order valence-electron chi connectivity index (χ0n) is 20.7. The Balaban J connectivity index is 1.06. The standard InChI is InChI=1S/C28H36N4O3/c1-23-11-13-25(14-12-23)28-29-26(35-30-28)9-5-16-31-17-19-32(20-18-31)27(33)10-6-21-34-22-15-24-7-3-2-4-8-24/h2-4,7-8,11-14H,5-6,9-10,15-22H2,1H3. The van der Waals surface area contributed by atoms with Crippen molar-refractivity contribution < 1.29 is 14.1 Å². The molecular weight excluding hydrogens is 440 g/mol. The van der Waals surface area contributed by atoms with E-state index in [1.54, 1.807) is 0 Å². The van der Waals surface area contributed by atoms with Gasteiger partial charge in [0.1, 0.15) is 0 Å². The first-order chi connectivity index (χ1) is 17.2. The van der Waals surface area contributed by atoms with Crippen LogP contribution in [0.5, 0.6) is 0 Å². The van der Waals surface area contributed by atoms with E-state index in [4.69, 9.17) is 9.26 Å². The highest BCUT2D eigenvalue weighted by Crippen LogP contribution is 2.17. The molecule has 35 heavy (non-hydrogen) atoms. The van der Waals surface area contributed by atoms with Crippen LogP contribution in [0.2, 0.25) is 0 Å². The summed E-state index contributed by atoms with van der Waals surface area (Å²) in [6.07, 6.45) is 3.98. The van der Waals surface area contributed by atoms with Crippen molar-refractivity contribution in [2.24, 2.45) is 0 Å². The number of hydrogen-bond donors (Lipinski definition) is 0. The Kier molecular flexibility index (Phi) is 9.43. The Bertz CT molecular complexity index is 1030. The summed E-state index contributed by atoms with van der Waals surface area (Å²) in [5, 5.41) is 4.11. The van der Waals surface area contributed by atoms with E-state index in [-0.39, 0.29) is 5.91 Å². The maximum atomic E-state index is 12.5. The molecule has 0 radical (unpaired) electrons. The molecule has 186 valence electrons. The maximum Gasteiger partial charge on any atom is 0.227 e. The van der Waals surface area contributed by atoms with E-state index in [1.165, 1.54) is 11.1 Å². The molecule has 0 aliphatic carbocycles. The van der Waals surface area contributed by atoms with Crippen molar-refractivity contribution in [2.75, 3.05) is 45.9 Å². The van der Waals surface area contributed by atoms with Gasteiger partial charge in [-0.15, -0.1) is 0 Å². The topological polar surface area (TPSA) is 71.7 Å². The molecule has 7 heteroatoms. The summed E-state index contributed by atoms with van der Waals surface area (Å²) in [5.74, 6) is 1.57. The third-order valence-electron chi connectivity index (χ3n) is 6.43. The first-order valence-electron chi connectivity index (χ1n) is 12.7. The molecular formula is C28H36N4O3. The third kappa shape index (κ3) is 8.01. The molecule has 0 N–H and O–H groups in total. The molecule has 0 unspecified atom stereocenters. The van der Waals surface area contributed by atoms with Crippen LogP contribution in [0.3, 0.4) is 0 Å². The fraction of sp³-hybridized carbons (Fsp3) is 0.464. The molecule has 1 aromatic heterocycles. The van der Waals surface area contributed by atoms with Crippen LogP contribution in [0.1, 0.15) is 36.3 Å². The van der Waals surface area contributed by atoms with Crippen LogP contribution >= 0.6 is 0 Å². The number of rotatable bonds is 12. The molecule has 3 aromatic rings. The third-order valence-corrected chi connectivity index (χ3v) is 6.43. The lowest BCUT2D eigenvalue weighted by Gasteiger charge is -2.34. The fourth-order valence-corrected chi connectivity index (χ4v) is 4.27. The van der Waals surface area contributed by atoms with Gasteiger partial charge in [-0.25, -0.2) is 0 Å². The molecule has 1 aliphatic rings. The molecule has 1 aliphatic heterocycles. The summed E-state index contributed by atoms with van der Waals surface area (Å²) in [4.78, 5) is 21.5. The number of nitrogens with zero attached hydrogens (tertiary/aromatic N) is 4. The number of piperazine rings is 1. The second-order valence-corrected chi connectivity index (χ2v) is 9.16. The molecule has 1 fully saturated rings. The summed E-state index contributed by atoms with van der Waals surface area (Å²) in [6.45, 7) is 7.80. The Morgan fingerprint density at radius 2 is 1.71 bits per heavy atom.